The van der Waals surface area contributed by atoms with Crippen molar-refractivity contribution in [1.82, 2.24) is 4.90 Å². The van der Waals surface area contributed by atoms with Crippen LogP contribution < -0.4 is 5.73 Å². The lowest BCUT2D eigenvalue weighted by molar-refractivity contribution is -0.126. The van der Waals surface area contributed by atoms with Gasteiger partial charge < -0.3 is 23.6 Å². The van der Waals surface area contributed by atoms with Crippen molar-refractivity contribution in [3.63, 3.8) is 0 Å². The van der Waals surface area contributed by atoms with Crippen LogP contribution in [0.3, 0.4) is 0 Å². The Labute approximate surface area is 80.5 Å². The largest absolute Gasteiger partial charge is 0.492 e. The molecule has 0 aromatic heterocycles. The van der Waals surface area contributed by atoms with Gasteiger partial charge in [-0.25, -0.2) is 0 Å². The van der Waals surface area contributed by atoms with Crippen LogP contribution in [-0.4, -0.2) is 37.3 Å². The molecule has 0 saturated carbocycles. The topological polar surface area (TPSA) is 46.3 Å². The van der Waals surface area contributed by atoms with Crippen LogP contribution in [-0.2, 0) is 4.79 Å². The second-order valence-electron chi connectivity index (χ2n) is 4.12. The molecule has 1 aliphatic heterocycles. The van der Waals surface area contributed by atoms with Gasteiger partial charge in [0, 0.05) is 6.54 Å². The molecule has 3 nitrogen and oxygen atoms in total. The molecule has 0 aromatic rings. The van der Waals surface area contributed by atoms with Crippen LogP contribution in [0.25, 0.3) is 0 Å². The normalized spacial score (nSPS) is 29.4. The van der Waals surface area contributed by atoms with Crippen molar-refractivity contribution >= 4 is 12.9 Å². The van der Waals surface area contributed by atoms with E-state index in [1.807, 2.05) is 0 Å². The summed E-state index contributed by atoms with van der Waals surface area (Å²) in [5, 5.41) is 0. The standard InChI is InChI=1S/C7H13BF3N2O/c1-7(6(12)14)2-3-13(4-7)5-8(9,10)11/h2-5H2,1H3,(H2,12,14)/q-1. The van der Waals surface area contributed by atoms with Crippen molar-refractivity contribution in [2.45, 2.75) is 13.3 Å². The summed E-state index contributed by atoms with van der Waals surface area (Å²) in [6.45, 7) is -2.79. The number of amides is 1. The van der Waals surface area contributed by atoms with Gasteiger partial charge in [-0.2, -0.15) is 0 Å². The number of likely N-dealkylation sites (tertiary alicyclic amines) is 1. The molecule has 0 spiro atoms. The minimum absolute atomic E-state index is 0.115. The number of carbonyl (C=O) groups is 1. The summed E-state index contributed by atoms with van der Waals surface area (Å²) in [5.74, 6) is -0.519. The third kappa shape index (κ3) is 2.63. The zero-order valence-corrected chi connectivity index (χ0v) is 7.97. The third-order valence-electron chi connectivity index (χ3n) is 2.61. The molecule has 1 aliphatic rings. The van der Waals surface area contributed by atoms with Crippen LogP contribution in [0.15, 0.2) is 0 Å². The molecule has 1 amide bonds. The first-order chi connectivity index (χ1) is 6.23. The van der Waals surface area contributed by atoms with Gasteiger partial charge in [-0.15, -0.1) is 0 Å². The van der Waals surface area contributed by atoms with E-state index in [9.17, 15) is 17.7 Å². The molecule has 2 N–H and O–H groups in total. The number of nitrogens with zero attached hydrogens (tertiary/aromatic N) is 1. The summed E-state index contributed by atoms with van der Waals surface area (Å²) in [5.41, 5.74) is 4.33. The molecule has 1 atom stereocenters. The van der Waals surface area contributed by atoms with Crippen molar-refractivity contribution in [1.29, 1.82) is 0 Å². The Kier molecular flexibility index (Phi) is 2.80. The van der Waals surface area contributed by atoms with Gasteiger partial charge in [0.05, 0.1) is 5.41 Å². The van der Waals surface area contributed by atoms with Crippen LogP contribution in [0.2, 0.25) is 0 Å². The summed E-state index contributed by atoms with van der Waals surface area (Å²) in [7, 11) is 0. The maximum Gasteiger partial charge on any atom is 0.492 e. The highest BCUT2D eigenvalue weighted by Crippen LogP contribution is 2.30. The van der Waals surface area contributed by atoms with Crippen molar-refractivity contribution in [2.24, 2.45) is 11.1 Å². The van der Waals surface area contributed by atoms with Crippen LogP contribution in [0, 0.1) is 5.41 Å². The van der Waals surface area contributed by atoms with E-state index in [1.165, 1.54) is 4.90 Å². The quantitative estimate of drug-likeness (QED) is 0.690. The van der Waals surface area contributed by atoms with Crippen molar-refractivity contribution in [2.75, 3.05) is 19.5 Å². The molecule has 7 heteroatoms. The van der Waals surface area contributed by atoms with E-state index >= 15 is 0 Å². The maximum atomic E-state index is 12.1. The van der Waals surface area contributed by atoms with Gasteiger partial charge in [-0.05, 0) is 26.3 Å². The molecule has 1 fully saturated rings. The fourth-order valence-corrected chi connectivity index (χ4v) is 1.71. The number of nitrogens with two attached hydrogens (primary N) is 1. The van der Waals surface area contributed by atoms with Crippen LogP contribution in [0.1, 0.15) is 13.3 Å². The van der Waals surface area contributed by atoms with Crippen molar-refractivity contribution < 1.29 is 17.7 Å². The monoisotopic (exact) mass is 209 g/mol. The lowest BCUT2D eigenvalue weighted by atomic mass is 9.88. The molecule has 0 radical (unpaired) electrons. The minimum Gasteiger partial charge on any atom is -0.448 e. The molecular formula is C7H13BF3N2O-. The molecule has 0 aromatic carbocycles. The van der Waals surface area contributed by atoms with Gasteiger partial charge in [0.25, 0.3) is 0 Å². The molecule has 1 unspecified atom stereocenters. The van der Waals surface area contributed by atoms with E-state index in [0.29, 0.717) is 13.0 Å². The Morgan fingerprint density at radius 3 is 2.50 bits per heavy atom. The second-order valence-corrected chi connectivity index (χ2v) is 4.12. The highest BCUT2D eigenvalue weighted by molar-refractivity contribution is 6.58. The Morgan fingerprint density at radius 2 is 2.14 bits per heavy atom. The second kappa shape index (κ2) is 3.45. The molecular weight excluding hydrogens is 196 g/mol. The van der Waals surface area contributed by atoms with Crippen LogP contribution >= 0.6 is 0 Å². The van der Waals surface area contributed by atoms with Gasteiger partial charge in [0.1, 0.15) is 0 Å². The number of halogens is 3. The van der Waals surface area contributed by atoms with Crippen LogP contribution in [0.5, 0.6) is 0 Å². The molecule has 1 rings (SSSR count). The SMILES string of the molecule is CC1(C(N)=O)CCN(C[B-](F)(F)F)C1. The van der Waals surface area contributed by atoms with Gasteiger partial charge in [0.2, 0.25) is 5.91 Å². The van der Waals surface area contributed by atoms with E-state index < -0.39 is 24.7 Å². The minimum atomic E-state index is -4.81. The predicted octanol–water partition coefficient (Wildman–Crippen LogP) is 0.570. The average molecular weight is 209 g/mol. The van der Waals surface area contributed by atoms with Crippen molar-refractivity contribution in [3.8, 4) is 0 Å². The van der Waals surface area contributed by atoms with Gasteiger partial charge in [-0.1, -0.05) is 0 Å². The average Bonchev–Trinajstić information content (AvgIpc) is 2.29. The lowest BCUT2D eigenvalue weighted by Gasteiger charge is -2.25. The molecule has 0 bridgehead atoms. The highest BCUT2D eigenvalue weighted by Gasteiger charge is 2.40. The summed E-state index contributed by atoms with van der Waals surface area (Å²) in [6.07, 6.45) is -0.489. The number of rotatable bonds is 3. The van der Waals surface area contributed by atoms with E-state index in [0.717, 1.165) is 0 Å². The number of carbonyl (C=O) groups excluding carboxylic acids is 1. The predicted molar refractivity (Wildman–Crippen MR) is 47.4 cm³/mol. The molecule has 1 heterocycles. The molecule has 0 aliphatic carbocycles. The summed E-state index contributed by atoms with van der Waals surface area (Å²) >= 11 is 0. The molecule has 14 heavy (non-hydrogen) atoms. The van der Waals surface area contributed by atoms with E-state index in [2.05, 4.69) is 0 Å². The van der Waals surface area contributed by atoms with Crippen LogP contribution in [0.4, 0.5) is 12.9 Å². The summed E-state index contributed by atoms with van der Waals surface area (Å²) in [6, 6.07) is 0. The fraction of sp³-hybridized carbons (Fsp3) is 0.857. The smallest absolute Gasteiger partial charge is 0.448 e. The maximum absolute atomic E-state index is 12.1. The van der Waals surface area contributed by atoms with Gasteiger partial charge in [0.15, 0.2) is 0 Å². The van der Waals surface area contributed by atoms with E-state index in [-0.39, 0.29) is 6.54 Å². The number of hydrogen-bond acceptors (Lipinski definition) is 2. The first-order valence-corrected chi connectivity index (χ1v) is 4.46. The molecule has 82 valence electrons. The first-order valence-electron chi connectivity index (χ1n) is 4.46. The van der Waals surface area contributed by atoms with Crippen molar-refractivity contribution in [3.05, 3.63) is 0 Å². The lowest BCUT2D eigenvalue weighted by Crippen LogP contribution is -2.41. The van der Waals surface area contributed by atoms with E-state index in [4.69, 9.17) is 5.73 Å². The Bertz CT molecular complexity index is 246. The fourth-order valence-electron chi connectivity index (χ4n) is 1.71. The highest BCUT2D eigenvalue weighted by atomic mass is 19.4. The Morgan fingerprint density at radius 1 is 1.57 bits per heavy atom. The zero-order chi connectivity index (χ0) is 11.0. The summed E-state index contributed by atoms with van der Waals surface area (Å²) in [4.78, 5) is 12.2. The third-order valence-corrected chi connectivity index (χ3v) is 2.61. The van der Waals surface area contributed by atoms with E-state index in [1.54, 1.807) is 6.92 Å². The van der Waals surface area contributed by atoms with Gasteiger partial charge in [-0.3, -0.25) is 4.79 Å². The number of primary amides is 1. The Hall–Kier alpha value is -0.715. The summed E-state index contributed by atoms with van der Waals surface area (Å²) < 4.78 is 36.2. The first kappa shape index (κ1) is 11.4. The zero-order valence-electron chi connectivity index (χ0n) is 7.97. The Balaban J connectivity index is 2.53. The molecule has 1 saturated heterocycles. The van der Waals surface area contributed by atoms with Gasteiger partial charge >= 0.3 is 6.98 Å². The number of hydrogen-bond donors (Lipinski definition) is 1.